The molecule has 0 aromatic heterocycles. The van der Waals surface area contributed by atoms with Crippen LogP contribution in [0.5, 0.6) is 0 Å². The van der Waals surface area contributed by atoms with Crippen LogP contribution in [0.2, 0.25) is 0 Å². The Morgan fingerprint density at radius 3 is 2.20 bits per heavy atom. The molecule has 0 N–H and O–H groups in total. The lowest BCUT2D eigenvalue weighted by molar-refractivity contribution is -0.0852. The van der Waals surface area contributed by atoms with Gasteiger partial charge in [0.15, 0.2) is 0 Å². The van der Waals surface area contributed by atoms with Crippen LogP contribution in [-0.4, -0.2) is 12.4 Å². The van der Waals surface area contributed by atoms with Gasteiger partial charge < -0.3 is 0 Å². The third-order valence-electron chi connectivity index (χ3n) is 0.700. The van der Waals surface area contributed by atoms with E-state index in [0.717, 1.165) is 6.20 Å². The normalized spacial score (nSPS) is 11.9. The Morgan fingerprint density at radius 2 is 1.90 bits per heavy atom. The Morgan fingerprint density at radius 1 is 1.40 bits per heavy atom. The van der Waals surface area contributed by atoms with Gasteiger partial charge in [0.25, 0.3) is 0 Å². The molecule has 0 aliphatic heterocycles. The first-order valence-corrected chi connectivity index (χ1v) is 2.38. The third-order valence-corrected chi connectivity index (χ3v) is 0.700. The minimum atomic E-state index is -4.38. The summed E-state index contributed by atoms with van der Waals surface area (Å²) in [6, 6.07) is 0. The zero-order valence-corrected chi connectivity index (χ0v) is 5.15. The average Bonchev–Trinajstić information content (AvgIpc) is 1.80. The molecule has 0 aromatic carbocycles. The van der Waals surface area contributed by atoms with E-state index in [-0.39, 0.29) is 0 Å². The van der Waals surface area contributed by atoms with E-state index in [2.05, 4.69) is 18.2 Å². The number of allylic oxidation sites excluding steroid dienone is 1. The highest BCUT2D eigenvalue weighted by atomic mass is 19.4. The second kappa shape index (κ2) is 3.20. The number of alkyl halides is 3. The van der Waals surface area contributed by atoms with Crippen molar-refractivity contribution < 1.29 is 13.2 Å². The Kier molecular flexibility index (Phi) is 2.86. The highest BCUT2D eigenvalue weighted by Crippen LogP contribution is 2.22. The molecule has 1 nitrogen and oxygen atoms in total. The molecule has 0 radical (unpaired) electrons. The maximum Gasteiger partial charge on any atom is 0.417 e. The molecule has 0 atom stereocenters. The molecule has 0 fully saturated rings. The maximum atomic E-state index is 11.5. The fourth-order valence-corrected chi connectivity index (χ4v) is 0.216. The highest BCUT2D eigenvalue weighted by molar-refractivity contribution is 5.79. The smallest absolute Gasteiger partial charge is 0.265 e. The van der Waals surface area contributed by atoms with E-state index in [9.17, 15) is 13.2 Å². The average molecular weight is 149 g/mol. The van der Waals surface area contributed by atoms with Crippen LogP contribution in [0, 0.1) is 0 Å². The van der Waals surface area contributed by atoms with E-state index < -0.39 is 11.7 Å². The Labute approximate surface area is 56.6 Å². The monoisotopic (exact) mass is 149 g/mol. The topological polar surface area (TPSA) is 12.4 Å². The van der Waals surface area contributed by atoms with Crippen molar-refractivity contribution in [3.63, 3.8) is 0 Å². The molecule has 0 saturated heterocycles. The summed E-state index contributed by atoms with van der Waals surface area (Å²) in [5.74, 6) is 0. The molecule has 0 aromatic rings. The Balaban J connectivity index is 4.11. The van der Waals surface area contributed by atoms with E-state index in [1.54, 1.807) is 0 Å². The molecular weight excluding hydrogens is 143 g/mol. The van der Waals surface area contributed by atoms with Crippen molar-refractivity contribution in [2.75, 3.05) is 0 Å². The minimum Gasteiger partial charge on any atom is -0.265 e. The van der Waals surface area contributed by atoms with Gasteiger partial charge in [-0.3, -0.25) is 4.99 Å². The lowest BCUT2D eigenvalue weighted by atomic mass is 10.3. The van der Waals surface area contributed by atoms with Crippen molar-refractivity contribution >= 4 is 6.21 Å². The predicted octanol–water partition coefficient (Wildman–Crippen LogP) is 2.32. The second-order valence-electron chi connectivity index (χ2n) is 1.48. The molecule has 10 heavy (non-hydrogen) atoms. The zero-order valence-electron chi connectivity index (χ0n) is 5.15. The summed E-state index contributed by atoms with van der Waals surface area (Å²) in [6.07, 6.45) is -2.75. The van der Waals surface area contributed by atoms with Crippen LogP contribution in [0.1, 0.15) is 0 Å². The Hall–Kier alpha value is -1.06. The molecule has 0 bridgehead atoms. The summed E-state index contributed by atoms with van der Waals surface area (Å²) >= 11 is 0. The molecule has 0 saturated carbocycles. The molecule has 0 heterocycles. The van der Waals surface area contributed by atoms with Crippen molar-refractivity contribution in [3.8, 4) is 0 Å². The van der Waals surface area contributed by atoms with E-state index in [1.165, 1.54) is 0 Å². The van der Waals surface area contributed by atoms with Crippen LogP contribution in [-0.2, 0) is 0 Å². The molecule has 0 aliphatic carbocycles. The zero-order chi connectivity index (χ0) is 8.20. The van der Waals surface area contributed by atoms with E-state index >= 15 is 0 Å². The first-order chi connectivity index (χ1) is 4.48. The van der Waals surface area contributed by atoms with Crippen molar-refractivity contribution in [1.29, 1.82) is 0 Å². The van der Waals surface area contributed by atoms with Gasteiger partial charge in [-0.15, -0.1) is 0 Å². The lowest BCUT2D eigenvalue weighted by Gasteiger charge is -2.02. The van der Waals surface area contributed by atoms with Crippen LogP contribution in [0.15, 0.2) is 29.9 Å². The van der Waals surface area contributed by atoms with Gasteiger partial charge in [-0.25, -0.2) is 0 Å². The molecule has 56 valence electrons. The SMILES string of the molecule is C=C/N=C\C(=C)C(F)(F)F. The maximum absolute atomic E-state index is 11.5. The summed E-state index contributed by atoms with van der Waals surface area (Å²) < 4.78 is 34.6. The molecule has 0 rings (SSSR count). The fraction of sp³-hybridized carbons (Fsp3) is 0.167. The fourth-order valence-electron chi connectivity index (χ4n) is 0.216. The van der Waals surface area contributed by atoms with Crippen LogP contribution in [0.3, 0.4) is 0 Å². The first-order valence-electron chi connectivity index (χ1n) is 2.38. The van der Waals surface area contributed by atoms with Crippen LogP contribution in [0.25, 0.3) is 0 Å². The summed E-state index contributed by atoms with van der Waals surface area (Å²) in [5, 5.41) is 0. The van der Waals surface area contributed by atoms with Gasteiger partial charge in [-0.1, -0.05) is 13.2 Å². The third kappa shape index (κ3) is 3.06. The second-order valence-corrected chi connectivity index (χ2v) is 1.48. The molecule has 0 spiro atoms. The van der Waals surface area contributed by atoms with Crippen molar-refractivity contribution in [1.82, 2.24) is 0 Å². The van der Waals surface area contributed by atoms with Gasteiger partial charge >= 0.3 is 6.18 Å². The molecule has 0 unspecified atom stereocenters. The van der Waals surface area contributed by atoms with E-state index in [1.807, 2.05) is 0 Å². The van der Waals surface area contributed by atoms with E-state index in [0.29, 0.717) is 6.21 Å². The summed E-state index contributed by atoms with van der Waals surface area (Å²) in [5.41, 5.74) is -0.979. The Bertz CT molecular complexity index is 166. The van der Waals surface area contributed by atoms with Crippen LogP contribution in [0.4, 0.5) is 13.2 Å². The van der Waals surface area contributed by atoms with Crippen LogP contribution < -0.4 is 0 Å². The summed E-state index contributed by atoms with van der Waals surface area (Å²) in [6.45, 7) is 5.85. The molecule has 0 aliphatic rings. The van der Waals surface area contributed by atoms with Gasteiger partial charge in [0, 0.05) is 12.4 Å². The number of aliphatic imine (C=N–C) groups is 1. The lowest BCUT2D eigenvalue weighted by Crippen LogP contribution is -2.11. The van der Waals surface area contributed by atoms with Gasteiger partial charge in [-0.2, -0.15) is 13.2 Å². The number of nitrogens with zero attached hydrogens (tertiary/aromatic N) is 1. The van der Waals surface area contributed by atoms with Gasteiger partial charge in [0.2, 0.25) is 0 Å². The molecule has 4 heteroatoms. The number of rotatable bonds is 2. The minimum absolute atomic E-state index is 0.618. The van der Waals surface area contributed by atoms with Crippen molar-refractivity contribution in [3.05, 3.63) is 24.9 Å². The number of hydrogen-bond acceptors (Lipinski definition) is 1. The van der Waals surface area contributed by atoms with Crippen molar-refractivity contribution in [2.45, 2.75) is 6.18 Å². The van der Waals surface area contributed by atoms with Gasteiger partial charge in [0.05, 0.1) is 5.57 Å². The summed E-state index contributed by atoms with van der Waals surface area (Å²) in [7, 11) is 0. The number of halogens is 3. The predicted molar refractivity (Wildman–Crippen MR) is 33.9 cm³/mol. The highest BCUT2D eigenvalue weighted by Gasteiger charge is 2.30. The largest absolute Gasteiger partial charge is 0.417 e. The van der Waals surface area contributed by atoms with Gasteiger partial charge in [0.1, 0.15) is 0 Å². The number of hydrogen-bond donors (Lipinski definition) is 0. The molecular formula is C6H6F3N. The van der Waals surface area contributed by atoms with Gasteiger partial charge in [-0.05, 0) is 0 Å². The summed E-state index contributed by atoms with van der Waals surface area (Å²) in [4.78, 5) is 3.16. The standard InChI is InChI=1S/C6H6F3N/c1-3-10-4-5(2)6(7,8)9/h3-4H,1-2H2/b10-4-. The van der Waals surface area contributed by atoms with Crippen molar-refractivity contribution in [2.24, 2.45) is 4.99 Å². The van der Waals surface area contributed by atoms with Crippen LogP contribution >= 0.6 is 0 Å². The first kappa shape index (κ1) is 8.94. The van der Waals surface area contributed by atoms with E-state index in [4.69, 9.17) is 0 Å². The molecule has 0 amide bonds. The quantitative estimate of drug-likeness (QED) is 0.534.